The van der Waals surface area contributed by atoms with Gasteiger partial charge < -0.3 is 4.98 Å². The molecular weight excluding hydrogens is 336 g/mol. The number of nitro groups is 1. The van der Waals surface area contributed by atoms with Crippen LogP contribution in [-0.4, -0.2) is 16.5 Å². The number of aromatic nitrogens is 1. The van der Waals surface area contributed by atoms with E-state index in [1.165, 1.54) is 0 Å². The van der Waals surface area contributed by atoms with Crippen LogP contribution in [0.1, 0.15) is 17.0 Å². The van der Waals surface area contributed by atoms with E-state index in [9.17, 15) is 10.1 Å². The van der Waals surface area contributed by atoms with Gasteiger partial charge in [0.25, 0.3) is 0 Å². The fraction of sp³-hybridized carbons (Fsp3) is 0.130. The molecule has 0 spiro atoms. The number of fused-ring (bicyclic) bond motifs is 1. The SMILES string of the molecule is O=[N+]([O-])CC(Cc1ccccc1)c1c(-c2ccccc2)[nH]c2ccccc12. The minimum Gasteiger partial charge on any atom is -0.354 e. The van der Waals surface area contributed by atoms with Gasteiger partial charge in [0.15, 0.2) is 0 Å². The summed E-state index contributed by atoms with van der Waals surface area (Å²) in [6.45, 7) is -0.101. The van der Waals surface area contributed by atoms with Gasteiger partial charge >= 0.3 is 0 Å². The quantitative estimate of drug-likeness (QED) is 0.369. The number of nitrogens with one attached hydrogen (secondary N) is 1. The van der Waals surface area contributed by atoms with Gasteiger partial charge in [-0.25, -0.2) is 0 Å². The molecule has 0 saturated heterocycles. The highest BCUT2D eigenvalue weighted by Crippen LogP contribution is 2.37. The molecular formula is C23H20N2O2. The number of H-pyrrole nitrogens is 1. The van der Waals surface area contributed by atoms with E-state index in [2.05, 4.69) is 4.98 Å². The molecule has 0 amide bonds. The van der Waals surface area contributed by atoms with Gasteiger partial charge in [0.1, 0.15) is 0 Å². The third-order valence-electron chi connectivity index (χ3n) is 4.91. The van der Waals surface area contributed by atoms with Crippen molar-refractivity contribution in [2.24, 2.45) is 0 Å². The van der Waals surface area contributed by atoms with Crippen molar-refractivity contribution < 1.29 is 4.92 Å². The zero-order valence-electron chi connectivity index (χ0n) is 14.8. The number of nitrogens with zero attached hydrogens (tertiary/aromatic N) is 1. The highest BCUT2D eigenvalue weighted by molar-refractivity contribution is 5.91. The van der Waals surface area contributed by atoms with Gasteiger partial charge in [0.2, 0.25) is 6.54 Å². The van der Waals surface area contributed by atoms with Crippen LogP contribution in [0.15, 0.2) is 84.9 Å². The average Bonchev–Trinajstić information content (AvgIpc) is 3.08. The number of aromatic amines is 1. The van der Waals surface area contributed by atoms with Crippen molar-refractivity contribution in [1.29, 1.82) is 0 Å². The Hall–Kier alpha value is -3.40. The van der Waals surface area contributed by atoms with Crippen molar-refractivity contribution in [3.8, 4) is 11.3 Å². The molecule has 0 aliphatic heterocycles. The third-order valence-corrected chi connectivity index (χ3v) is 4.91. The van der Waals surface area contributed by atoms with Gasteiger partial charge in [-0.2, -0.15) is 0 Å². The van der Waals surface area contributed by atoms with Crippen molar-refractivity contribution in [1.82, 2.24) is 4.98 Å². The number of rotatable bonds is 6. The summed E-state index contributed by atoms with van der Waals surface area (Å²) in [6.07, 6.45) is 0.628. The summed E-state index contributed by atoms with van der Waals surface area (Å²) < 4.78 is 0. The molecule has 1 N–H and O–H groups in total. The van der Waals surface area contributed by atoms with Gasteiger partial charge in [-0.1, -0.05) is 78.9 Å². The van der Waals surface area contributed by atoms with E-state index in [0.717, 1.165) is 33.3 Å². The van der Waals surface area contributed by atoms with Gasteiger partial charge in [0.05, 0.1) is 11.6 Å². The van der Waals surface area contributed by atoms with Crippen LogP contribution >= 0.6 is 0 Å². The Balaban J connectivity index is 1.88. The molecule has 1 unspecified atom stereocenters. The van der Waals surface area contributed by atoms with E-state index < -0.39 is 0 Å². The molecule has 4 heteroatoms. The maximum absolute atomic E-state index is 11.5. The number of hydrogen-bond donors (Lipinski definition) is 1. The Labute approximate surface area is 157 Å². The Morgan fingerprint density at radius 1 is 0.852 bits per heavy atom. The lowest BCUT2D eigenvalue weighted by Crippen LogP contribution is -2.15. The third kappa shape index (κ3) is 3.60. The lowest BCUT2D eigenvalue weighted by atomic mass is 9.88. The molecule has 0 saturated carbocycles. The maximum Gasteiger partial charge on any atom is 0.211 e. The normalized spacial score (nSPS) is 12.1. The Morgan fingerprint density at radius 3 is 2.19 bits per heavy atom. The van der Waals surface area contributed by atoms with Crippen molar-refractivity contribution in [3.63, 3.8) is 0 Å². The predicted molar refractivity (Wildman–Crippen MR) is 108 cm³/mol. The molecule has 0 fully saturated rings. The second-order valence-corrected chi connectivity index (χ2v) is 6.73. The fourth-order valence-corrected chi connectivity index (χ4v) is 3.76. The lowest BCUT2D eigenvalue weighted by Gasteiger charge is -2.15. The fourth-order valence-electron chi connectivity index (χ4n) is 3.76. The Kier molecular flexibility index (Phi) is 4.71. The molecule has 27 heavy (non-hydrogen) atoms. The molecule has 0 radical (unpaired) electrons. The van der Waals surface area contributed by atoms with Gasteiger partial charge in [-0.15, -0.1) is 0 Å². The predicted octanol–water partition coefficient (Wildman–Crippen LogP) is 5.44. The molecule has 0 aliphatic carbocycles. The summed E-state index contributed by atoms with van der Waals surface area (Å²) in [7, 11) is 0. The van der Waals surface area contributed by atoms with E-state index >= 15 is 0 Å². The molecule has 0 aliphatic rings. The summed E-state index contributed by atoms with van der Waals surface area (Å²) in [5.41, 5.74) is 5.16. The van der Waals surface area contributed by atoms with Crippen LogP contribution in [0, 0.1) is 10.1 Å². The van der Waals surface area contributed by atoms with Gasteiger partial charge in [-0.3, -0.25) is 10.1 Å². The first kappa shape index (κ1) is 17.0. The highest BCUT2D eigenvalue weighted by atomic mass is 16.6. The van der Waals surface area contributed by atoms with E-state index in [1.54, 1.807) is 0 Å². The zero-order chi connectivity index (χ0) is 18.6. The lowest BCUT2D eigenvalue weighted by molar-refractivity contribution is -0.483. The topological polar surface area (TPSA) is 58.9 Å². The summed E-state index contributed by atoms with van der Waals surface area (Å²) in [5, 5.41) is 12.5. The molecule has 0 bridgehead atoms. The first-order valence-electron chi connectivity index (χ1n) is 9.04. The monoisotopic (exact) mass is 356 g/mol. The molecule has 4 aromatic rings. The molecule has 1 heterocycles. The van der Waals surface area contributed by atoms with E-state index in [0.29, 0.717) is 6.42 Å². The number of benzene rings is 3. The van der Waals surface area contributed by atoms with Crippen LogP contribution in [0.5, 0.6) is 0 Å². The largest absolute Gasteiger partial charge is 0.354 e. The van der Waals surface area contributed by atoms with Gasteiger partial charge in [0, 0.05) is 15.8 Å². The molecule has 1 atom stereocenters. The maximum atomic E-state index is 11.5. The summed E-state index contributed by atoms with van der Waals surface area (Å²) in [5.74, 6) is -0.214. The molecule has 3 aromatic carbocycles. The molecule has 1 aromatic heterocycles. The number of hydrogen-bond acceptors (Lipinski definition) is 2. The van der Waals surface area contributed by atoms with E-state index in [-0.39, 0.29) is 17.4 Å². The molecule has 134 valence electrons. The second-order valence-electron chi connectivity index (χ2n) is 6.73. The standard InChI is InChI=1S/C23H20N2O2/c26-25(27)16-19(15-17-9-3-1-4-10-17)22-20-13-7-8-14-21(20)24-23(22)18-11-5-2-6-12-18/h1-14,19,24H,15-16H2. The minimum absolute atomic E-state index is 0.101. The first-order valence-corrected chi connectivity index (χ1v) is 9.04. The average molecular weight is 356 g/mol. The van der Waals surface area contributed by atoms with Crippen LogP contribution in [-0.2, 0) is 6.42 Å². The molecule has 4 nitrogen and oxygen atoms in total. The summed E-state index contributed by atoms with van der Waals surface area (Å²) in [6, 6.07) is 28.1. The van der Waals surface area contributed by atoms with E-state index in [1.807, 2.05) is 84.9 Å². The number of para-hydroxylation sites is 1. The molecule has 4 rings (SSSR count). The second kappa shape index (κ2) is 7.46. The Bertz CT molecular complexity index is 1060. The Morgan fingerprint density at radius 2 is 1.48 bits per heavy atom. The summed E-state index contributed by atoms with van der Waals surface area (Å²) in [4.78, 5) is 14.8. The smallest absolute Gasteiger partial charge is 0.211 e. The van der Waals surface area contributed by atoms with Crippen LogP contribution < -0.4 is 0 Å². The van der Waals surface area contributed by atoms with Crippen LogP contribution in [0.4, 0.5) is 0 Å². The van der Waals surface area contributed by atoms with E-state index in [4.69, 9.17) is 0 Å². The first-order chi connectivity index (χ1) is 13.2. The van der Waals surface area contributed by atoms with Crippen LogP contribution in [0.3, 0.4) is 0 Å². The van der Waals surface area contributed by atoms with Crippen molar-refractivity contribution in [3.05, 3.63) is 106 Å². The zero-order valence-corrected chi connectivity index (χ0v) is 14.8. The van der Waals surface area contributed by atoms with Crippen molar-refractivity contribution in [2.75, 3.05) is 6.54 Å². The van der Waals surface area contributed by atoms with Gasteiger partial charge in [-0.05, 0) is 29.2 Å². The van der Waals surface area contributed by atoms with Crippen LogP contribution in [0.25, 0.3) is 22.2 Å². The van der Waals surface area contributed by atoms with Crippen molar-refractivity contribution in [2.45, 2.75) is 12.3 Å². The minimum atomic E-state index is -0.214. The summed E-state index contributed by atoms with van der Waals surface area (Å²) >= 11 is 0. The highest BCUT2D eigenvalue weighted by Gasteiger charge is 2.26. The van der Waals surface area contributed by atoms with Crippen LogP contribution in [0.2, 0.25) is 0 Å². The van der Waals surface area contributed by atoms with Crippen molar-refractivity contribution >= 4 is 10.9 Å².